The van der Waals surface area contributed by atoms with E-state index in [2.05, 4.69) is 59.9 Å². The molecule has 0 unspecified atom stereocenters. The Kier molecular flexibility index (Phi) is 5.81. The van der Waals surface area contributed by atoms with Crippen LogP contribution in [-0.2, 0) is 10.2 Å². The second kappa shape index (κ2) is 8.08. The Labute approximate surface area is 159 Å². The molecular weight excluding hydrogens is 344 g/mol. The highest BCUT2D eigenvalue weighted by atomic mass is 32.2. The molecule has 1 aromatic carbocycles. The number of piperazine rings is 1. The van der Waals surface area contributed by atoms with Crippen molar-refractivity contribution in [3.63, 3.8) is 0 Å². The van der Waals surface area contributed by atoms with Gasteiger partial charge in [-0.2, -0.15) is 0 Å². The molecule has 0 atom stereocenters. The Hall–Kier alpha value is -2.08. The molecule has 2 aromatic rings. The molecule has 0 saturated carbocycles. The maximum atomic E-state index is 12.5. The van der Waals surface area contributed by atoms with Crippen LogP contribution in [0.2, 0.25) is 0 Å². The van der Waals surface area contributed by atoms with E-state index in [1.54, 1.807) is 24.2 Å². The number of carbonyl (C=O) groups excluding carboxylic acids is 1. The van der Waals surface area contributed by atoms with Gasteiger partial charge in [-0.1, -0.05) is 32.9 Å². The van der Waals surface area contributed by atoms with Crippen LogP contribution in [0.1, 0.15) is 26.3 Å². The van der Waals surface area contributed by atoms with Crippen molar-refractivity contribution in [1.82, 2.24) is 14.9 Å². The lowest BCUT2D eigenvalue weighted by Gasteiger charge is -2.34. The van der Waals surface area contributed by atoms with Crippen molar-refractivity contribution in [3.05, 3.63) is 48.3 Å². The molecule has 1 fully saturated rings. The van der Waals surface area contributed by atoms with Gasteiger partial charge in [0.25, 0.3) is 0 Å². The van der Waals surface area contributed by atoms with Crippen LogP contribution >= 0.6 is 11.8 Å². The lowest BCUT2D eigenvalue weighted by molar-refractivity contribution is -0.128. The SMILES string of the molecule is CC(C)(C)c1ccc(SCC(=O)N2CCN(c3ncccn3)CC2)cc1. The molecule has 2 heterocycles. The van der Waals surface area contributed by atoms with E-state index in [-0.39, 0.29) is 11.3 Å². The summed E-state index contributed by atoms with van der Waals surface area (Å²) in [5.41, 5.74) is 1.47. The van der Waals surface area contributed by atoms with Crippen molar-refractivity contribution >= 4 is 23.6 Å². The topological polar surface area (TPSA) is 49.3 Å². The van der Waals surface area contributed by atoms with E-state index in [9.17, 15) is 4.79 Å². The van der Waals surface area contributed by atoms with Gasteiger partial charge in [0.2, 0.25) is 11.9 Å². The van der Waals surface area contributed by atoms with Gasteiger partial charge in [-0.05, 0) is 29.2 Å². The van der Waals surface area contributed by atoms with E-state index in [0.29, 0.717) is 5.75 Å². The van der Waals surface area contributed by atoms with E-state index in [0.717, 1.165) is 37.0 Å². The average molecular weight is 371 g/mol. The summed E-state index contributed by atoms with van der Waals surface area (Å²) in [5, 5.41) is 0. The molecule has 6 heteroatoms. The maximum Gasteiger partial charge on any atom is 0.233 e. The number of aromatic nitrogens is 2. The molecule has 0 N–H and O–H groups in total. The predicted molar refractivity (Wildman–Crippen MR) is 107 cm³/mol. The number of rotatable bonds is 4. The van der Waals surface area contributed by atoms with E-state index < -0.39 is 0 Å². The minimum absolute atomic E-state index is 0.154. The first-order chi connectivity index (χ1) is 12.4. The first kappa shape index (κ1) is 18.7. The number of hydrogen-bond acceptors (Lipinski definition) is 5. The lowest BCUT2D eigenvalue weighted by Crippen LogP contribution is -2.49. The van der Waals surface area contributed by atoms with E-state index >= 15 is 0 Å². The fraction of sp³-hybridized carbons (Fsp3) is 0.450. The highest BCUT2D eigenvalue weighted by Gasteiger charge is 2.22. The Morgan fingerprint density at radius 2 is 1.65 bits per heavy atom. The number of benzene rings is 1. The largest absolute Gasteiger partial charge is 0.338 e. The van der Waals surface area contributed by atoms with Gasteiger partial charge in [0.1, 0.15) is 0 Å². The standard InChI is InChI=1S/C20H26N4OS/c1-20(2,3)16-5-7-17(8-6-16)26-15-18(25)23-11-13-24(14-12-23)19-21-9-4-10-22-19/h4-10H,11-15H2,1-3H3. The Balaban J connectivity index is 1.47. The summed E-state index contributed by atoms with van der Waals surface area (Å²) in [5.74, 6) is 1.42. The highest BCUT2D eigenvalue weighted by molar-refractivity contribution is 8.00. The molecule has 3 rings (SSSR count). The molecule has 138 valence electrons. The Bertz CT molecular complexity index is 720. The van der Waals surface area contributed by atoms with Crippen molar-refractivity contribution in [2.24, 2.45) is 0 Å². The normalized spacial score (nSPS) is 15.2. The van der Waals surface area contributed by atoms with Gasteiger partial charge in [-0.15, -0.1) is 11.8 Å². The van der Waals surface area contributed by atoms with Crippen LogP contribution in [-0.4, -0.2) is 52.7 Å². The van der Waals surface area contributed by atoms with Gasteiger partial charge in [-0.3, -0.25) is 4.79 Å². The smallest absolute Gasteiger partial charge is 0.233 e. The summed E-state index contributed by atoms with van der Waals surface area (Å²) in [6.45, 7) is 9.62. The quantitative estimate of drug-likeness (QED) is 0.774. The third-order valence-electron chi connectivity index (χ3n) is 4.55. The second-order valence-electron chi connectivity index (χ2n) is 7.48. The summed E-state index contributed by atoms with van der Waals surface area (Å²) >= 11 is 1.61. The molecule has 1 aliphatic heterocycles. The minimum Gasteiger partial charge on any atom is -0.338 e. The maximum absolute atomic E-state index is 12.5. The van der Waals surface area contributed by atoms with Crippen molar-refractivity contribution in [2.45, 2.75) is 31.1 Å². The van der Waals surface area contributed by atoms with Crippen molar-refractivity contribution < 1.29 is 4.79 Å². The van der Waals surface area contributed by atoms with Gasteiger partial charge in [0, 0.05) is 43.5 Å². The van der Waals surface area contributed by atoms with Crippen molar-refractivity contribution in [2.75, 3.05) is 36.8 Å². The van der Waals surface area contributed by atoms with Crippen LogP contribution in [0.3, 0.4) is 0 Å². The van der Waals surface area contributed by atoms with Gasteiger partial charge in [0.05, 0.1) is 5.75 Å². The molecule has 0 radical (unpaired) electrons. The summed E-state index contributed by atoms with van der Waals surface area (Å²) in [6.07, 6.45) is 3.50. The zero-order chi connectivity index (χ0) is 18.6. The molecule has 0 bridgehead atoms. The molecule has 0 aliphatic carbocycles. The van der Waals surface area contributed by atoms with E-state index in [4.69, 9.17) is 0 Å². The fourth-order valence-electron chi connectivity index (χ4n) is 2.90. The zero-order valence-electron chi connectivity index (χ0n) is 15.7. The first-order valence-electron chi connectivity index (χ1n) is 8.96. The van der Waals surface area contributed by atoms with Gasteiger partial charge in [-0.25, -0.2) is 9.97 Å². The van der Waals surface area contributed by atoms with Gasteiger partial charge >= 0.3 is 0 Å². The number of anilines is 1. The Morgan fingerprint density at radius 3 is 2.23 bits per heavy atom. The highest BCUT2D eigenvalue weighted by Crippen LogP contribution is 2.26. The lowest BCUT2D eigenvalue weighted by atomic mass is 9.87. The number of hydrogen-bond donors (Lipinski definition) is 0. The molecule has 5 nitrogen and oxygen atoms in total. The van der Waals surface area contributed by atoms with E-state index in [1.165, 1.54) is 5.56 Å². The van der Waals surface area contributed by atoms with Crippen LogP contribution in [0.5, 0.6) is 0 Å². The summed E-state index contributed by atoms with van der Waals surface area (Å²) in [6, 6.07) is 10.4. The molecule has 0 spiro atoms. The monoisotopic (exact) mass is 370 g/mol. The molecule has 1 aromatic heterocycles. The number of carbonyl (C=O) groups is 1. The van der Waals surface area contributed by atoms with Crippen LogP contribution in [0.25, 0.3) is 0 Å². The fourth-order valence-corrected chi connectivity index (χ4v) is 3.70. The van der Waals surface area contributed by atoms with Crippen LogP contribution in [0, 0.1) is 0 Å². The number of amides is 1. The van der Waals surface area contributed by atoms with Crippen molar-refractivity contribution in [3.8, 4) is 0 Å². The summed E-state index contributed by atoms with van der Waals surface area (Å²) < 4.78 is 0. The molecule has 1 saturated heterocycles. The van der Waals surface area contributed by atoms with Crippen LogP contribution in [0.4, 0.5) is 5.95 Å². The molecule has 26 heavy (non-hydrogen) atoms. The molecule has 1 amide bonds. The summed E-state index contributed by atoms with van der Waals surface area (Å²) in [4.78, 5) is 26.3. The van der Waals surface area contributed by atoms with Crippen LogP contribution < -0.4 is 4.90 Å². The van der Waals surface area contributed by atoms with Gasteiger partial charge < -0.3 is 9.80 Å². The van der Waals surface area contributed by atoms with Crippen molar-refractivity contribution in [1.29, 1.82) is 0 Å². The Morgan fingerprint density at radius 1 is 1.04 bits per heavy atom. The van der Waals surface area contributed by atoms with Crippen LogP contribution in [0.15, 0.2) is 47.6 Å². The van der Waals surface area contributed by atoms with E-state index in [1.807, 2.05) is 11.0 Å². The number of nitrogens with zero attached hydrogens (tertiary/aromatic N) is 4. The third kappa shape index (κ3) is 4.75. The summed E-state index contributed by atoms with van der Waals surface area (Å²) in [7, 11) is 0. The average Bonchev–Trinajstić information content (AvgIpc) is 2.66. The minimum atomic E-state index is 0.154. The van der Waals surface area contributed by atoms with Gasteiger partial charge in [0.15, 0.2) is 0 Å². The second-order valence-corrected chi connectivity index (χ2v) is 8.53. The predicted octanol–water partition coefficient (Wildman–Crippen LogP) is 3.22. The molecular formula is C20H26N4OS. The zero-order valence-corrected chi connectivity index (χ0v) is 16.5. The third-order valence-corrected chi connectivity index (χ3v) is 5.55. The first-order valence-corrected chi connectivity index (χ1v) is 9.95. The molecule has 1 aliphatic rings. The number of thioether (sulfide) groups is 1.